The van der Waals surface area contributed by atoms with E-state index in [0.717, 1.165) is 23.2 Å². The third kappa shape index (κ3) is 3.70. The first-order valence-electron chi connectivity index (χ1n) is 8.22. The first-order valence-corrected chi connectivity index (χ1v) is 8.22. The molecule has 0 aliphatic heterocycles. The van der Waals surface area contributed by atoms with E-state index in [4.69, 9.17) is 0 Å². The number of aryl methyl sites for hydroxylation is 3. The highest BCUT2D eigenvalue weighted by Gasteiger charge is 2.15. The maximum absolute atomic E-state index is 11.9. The second-order valence-electron chi connectivity index (χ2n) is 6.50. The highest BCUT2D eigenvalue weighted by molar-refractivity contribution is 5.97. The summed E-state index contributed by atoms with van der Waals surface area (Å²) in [5, 5.41) is 3.61. The quantitative estimate of drug-likeness (QED) is 0.790. The third-order valence-electron chi connectivity index (χ3n) is 4.72. The molecule has 0 saturated heterocycles. The molecule has 0 fully saturated rings. The minimum absolute atomic E-state index is 0.146. The minimum atomic E-state index is 0.146. The lowest BCUT2D eigenvalue weighted by Crippen LogP contribution is -2.21. The third-order valence-corrected chi connectivity index (χ3v) is 4.72. The average molecular weight is 309 g/mol. The fraction of sp³-hybridized carbons (Fsp3) is 0.381. The van der Waals surface area contributed by atoms with Gasteiger partial charge in [0.1, 0.15) is 0 Å². The Morgan fingerprint density at radius 1 is 1.04 bits per heavy atom. The highest BCUT2D eigenvalue weighted by Crippen LogP contribution is 2.24. The van der Waals surface area contributed by atoms with Crippen LogP contribution in [-0.2, 0) is 6.54 Å². The van der Waals surface area contributed by atoms with Crippen molar-refractivity contribution in [3.63, 3.8) is 0 Å². The first kappa shape index (κ1) is 17.4. The topological polar surface area (TPSA) is 29.1 Å². The summed E-state index contributed by atoms with van der Waals surface area (Å²) in [4.78, 5) is 11.9. The van der Waals surface area contributed by atoms with Crippen LogP contribution in [0.15, 0.2) is 30.3 Å². The standard InChI is InChI=1S/C21H27NO/c1-13-9-7-8-10-19(13)17(5)22-12-20-14(2)11-15(3)21(16(20)4)18(6)23/h7-11,17,22H,12H2,1-6H3. The van der Waals surface area contributed by atoms with Gasteiger partial charge in [-0.05, 0) is 74.9 Å². The fourth-order valence-electron chi connectivity index (χ4n) is 3.48. The summed E-state index contributed by atoms with van der Waals surface area (Å²) < 4.78 is 0. The van der Waals surface area contributed by atoms with Crippen molar-refractivity contribution >= 4 is 5.78 Å². The zero-order valence-electron chi connectivity index (χ0n) is 15.1. The number of benzene rings is 2. The van der Waals surface area contributed by atoms with Crippen LogP contribution >= 0.6 is 0 Å². The van der Waals surface area contributed by atoms with Crippen molar-refractivity contribution in [2.24, 2.45) is 0 Å². The number of ketones is 1. The predicted octanol–water partition coefficient (Wildman–Crippen LogP) is 4.97. The number of rotatable bonds is 5. The van der Waals surface area contributed by atoms with Crippen molar-refractivity contribution in [1.82, 2.24) is 5.32 Å². The summed E-state index contributed by atoms with van der Waals surface area (Å²) >= 11 is 0. The summed E-state index contributed by atoms with van der Waals surface area (Å²) in [6, 6.07) is 10.9. The van der Waals surface area contributed by atoms with E-state index >= 15 is 0 Å². The maximum Gasteiger partial charge on any atom is 0.160 e. The number of carbonyl (C=O) groups is 1. The number of hydrogen-bond donors (Lipinski definition) is 1. The Balaban J connectivity index is 2.26. The van der Waals surface area contributed by atoms with E-state index in [1.807, 2.05) is 6.92 Å². The Kier molecular flexibility index (Phi) is 5.38. The second-order valence-corrected chi connectivity index (χ2v) is 6.50. The van der Waals surface area contributed by atoms with Gasteiger partial charge < -0.3 is 5.32 Å². The average Bonchev–Trinajstić information content (AvgIpc) is 2.46. The van der Waals surface area contributed by atoms with Crippen LogP contribution in [-0.4, -0.2) is 5.78 Å². The SMILES string of the molecule is CC(=O)c1c(C)cc(C)c(CNC(C)c2ccccc2C)c1C. The largest absolute Gasteiger partial charge is 0.306 e. The fourth-order valence-corrected chi connectivity index (χ4v) is 3.48. The molecular weight excluding hydrogens is 282 g/mol. The van der Waals surface area contributed by atoms with Crippen molar-refractivity contribution in [3.8, 4) is 0 Å². The van der Waals surface area contributed by atoms with Gasteiger partial charge in [-0.2, -0.15) is 0 Å². The molecule has 2 rings (SSSR count). The molecule has 1 atom stereocenters. The van der Waals surface area contributed by atoms with Gasteiger partial charge in [0.2, 0.25) is 0 Å². The number of nitrogens with one attached hydrogen (secondary N) is 1. The molecule has 0 heterocycles. The van der Waals surface area contributed by atoms with Gasteiger partial charge in [0, 0.05) is 18.2 Å². The van der Waals surface area contributed by atoms with Crippen LogP contribution < -0.4 is 5.32 Å². The molecule has 2 heteroatoms. The first-order chi connectivity index (χ1) is 10.8. The summed E-state index contributed by atoms with van der Waals surface area (Å²) in [7, 11) is 0. The van der Waals surface area contributed by atoms with Gasteiger partial charge in [-0.1, -0.05) is 30.3 Å². The zero-order chi connectivity index (χ0) is 17.1. The molecule has 0 amide bonds. The van der Waals surface area contributed by atoms with Gasteiger partial charge >= 0.3 is 0 Å². The Morgan fingerprint density at radius 2 is 1.70 bits per heavy atom. The van der Waals surface area contributed by atoms with Crippen molar-refractivity contribution in [2.45, 2.75) is 54.1 Å². The molecule has 0 radical (unpaired) electrons. The lowest BCUT2D eigenvalue weighted by atomic mass is 9.91. The van der Waals surface area contributed by atoms with Crippen LogP contribution in [0.5, 0.6) is 0 Å². The Bertz CT molecular complexity index is 731. The summed E-state index contributed by atoms with van der Waals surface area (Å²) in [5.74, 6) is 0.146. The lowest BCUT2D eigenvalue weighted by Gasteiger charge is -2.20. The van der Waals surface area contributed by atoms with E-state index in [0.29, 0.717) is 0 Å². The normalized spacial score (nSPS) is 12.3. The molecule has 0 saturated carbocycles. The van der Waals surface area contributed by atoms with Crippen LogP contribution in [0.4, 0.5) is 0 Å². The van der Waals surface area contributed by atoms with Crippen LogP contribution in [0.2, 0.25) is 0 Å². The van der Waals surface area contributed by atoms with Gasteiger partial charge in [0.15, 0.2) is 5.78 Å². The van der Waals surface area contributed by atoms with Crippen LogP contribution in [0.1, 0.15) is 63.6 Å². The van der Waals surface area contributed by atoms with Gasteiger partial charge in [-0.3, -0.25) is 4.79 Å². The second kappa shape index (κ2) is 7.10. The summed E-state index contributed by atoms with van der Waals surface area (Å²) in [6.45, 7) is 13.0. The Hall–Kier alpha value is -1.93. The van der Waals surface area contributed by atoms with Crippen LogP contribution in [0.3, 0.4) is 0 Å². The molecule has 0 aliphatic rings. The molecular formula is C21H27NO. The summed E-state index contributed by atoms with van der Waals surface area (Å²) in [5.41, 5.74) is 8.16. The number of carbonyl (C=O) groups excluding carboxylic acids is 1. The summed E-state index contributed by atoms with van der Waals surface area (Å²) in [6.07, 6.45) is 0. The van der Waals surface area contributed by atoms with Gasteiger partial charge in [0.25, 0.3) is 0 Å². The molecule has 0 spiro atoms. The van der Waals surface area contributed by atoms with E-state index in [1.54, 1.807) is 6.92 Å². The number of hydrogen-bond acceptors (Lipinski definition) is 2. The van der Waals surface area contributed by atoms with Gasteiger partial charge in [-0.15, -0.1) is 0 Å². The Morgan fingerprint density at radius 3 is 2.30 bits per heavy atom. The van der Waals surface area contributed by atoms with Crippen molar-refractivity contribution in [2.75, 3.05) is 0 Å². The molecule has 122 valence electrons. The van der Waals surface area contributed by atoms with Gasteiger partial charge in [0.05, 0.1) is 0 Å². The minimum Gasteiger partial charge on any atom is -0.306 e. The molecule has 2 aromatic rings. The molecule has 1 N–H and O–H groups in total. The zero-order valence-corrected chi connectivity index (χ0v) is 15.1. The molecule has 2 aromatic carbocycles. The van der Waals surface area contributed by atoms with Crippen molar-refractivity contribution in [3.05, 3.63) is 69.3 Å². The van der Waals surface area contributed by atoms with Crippen molar-refractivity contribution < 1.29 is 4.79 Å². The van der Waals surface area contributed by atoms with Crippen molar-refractivity contribution in [1.29, 1.82) is 0 Å². The maximum atomic E-state index is 11.9. The smallest absolute Gasteiger partial charge is 0.160 e. The monoisotopic (exact) mass is 309 g/mol. The van der Waals surface area contributed by atoms with Crippen LogP contribution in [0, 0.1) is 27.7 Å². The Labute approximate surface area is 139 Å². The van der Waals surface area contributed by atoms with E-state index in [9.17, 15) is 4.79 Å². The molecule has 0 aromatic heterocycles. The molecule has 1 unspecified atom stereocenters. The van der Waals surface area contributed by atoms with Crippen LogP contribution in [0.25, 0.3) is 0 Å². The molecule has 0 aliphatic carbocycles. The lowest BCUT2D eigenvalue weighted by molar-refractivity contribution is 0.101. The molecule has 2 nitrogen and oxygen atoms in total. The molecule has 23 heavy (non-hydrogen) atoms. The van der Waals surface area contributed by atoms with Gasteiger partial charge in [-0.25, -0.2) is 0 Å². The number of Topliss-reactive ketones (excluding diaryl/α,β-unsaturated/α-hetero) is 1. The van der Waals surface area contributed by atoms with E-state index in [2.05, 4.69) is 63.3 Å². The van der Waals surface area contributed by atoms with E-state index in [-0.39, 0.29) is 11.8 Å². The highest BCUT2D eigenvalue weighted by atomic mass is 16.1. The predicted molar refractivity (Wildman–Crippen MR) is 97.1 cm³/mol. The molecule has 0 bridgehead atoms. The van der Waals surface area contributed by atoms with E-state index in [1.165, 1.54) is 22.3 Å². The van der Waals surface area contributed by atoms with E-state index < -0.39 is 0 Å².